The smallest absolute Gasteiger partial charge is 0.251 e. The van der Waals surface area contributed by atoms with Gasteiger partial charge in [0.1, 0.15) is 5.00 Å². The standard InChI is InChI=1S/C20H24N4O3S/c1-13(18(26)23-20-16(17(21)25)9-12-28-20)24-10-7-15(8-11-24)22-19(27)14-5-3-2-4-6-14/h2-6,9,12-13,15H,7-8,10-11H2,1H3,(H2,21,25)(H,22,27)(H,23,26). The summed E-state index contributed by atoms with van der Waals surface area (Å²) >= 11 is 1.28. The zero-order valence-electron chi connectivity index (χ0n) is 15.7. The number of rotatable bonds is 6. The molecule has 0 bridgehead atoms. The maximum atomic E-state index is 12.6. The van der Waals surface area contributed by atoms with Crippen LogP contribution < -0.4 is 16.4 Å². The van der Waals surface area contributed by atoms with E-state index in [0.717, 1.165) is 12.8 Å². The highest BCUT2D eigenvalue weighted by molar-refractivity contribution is 7.14. The van der Waals surface area contributed by atoms with Gasteiger partial charge in [0, 0.05) is 24.7 Å². The number of carbonyl (C=O) groups is 3. The van der Waals surface area contributed by atoms with E-state index in [4.69, 9.17) is 5.73 Å². The molecule has 3 amide bonds. The van der Waals surface area contributed by atoms with Crippen molar-refractivity contribution in [3.05, 3.63) is 52.9 Å². The first kappa shape index (κ1) is 20.0. The van der Waals surface area contributed by atoms with Crippen molar-refractivity contribution < 1.29 is 14.4 Å². The highest BCUT2D eigenvalue weighted by Crippen LogP contribution is 2.23. The fourth-order valence-corrected chi connectivity index (χ4v) is 4.07. The van der Waals surface area contributed by atoms with Crippen LogP contribution >= 0.6 is 11.3 Å². The van der Waals surface area contributed by atoms with Crippen LogP contribution in [-0.4, -0.2) is 47.8 Å². The molecule has 0 aliphatic carbocycles. The summed E-state index contributed by atoms with van der Waals surface area (Å²) in [5.41, 5.74) is 6.30. The Balaban J connectivity index is 1.50. The van der Waals surface area contributed by atoms with Crippen molar-refractivity contribution >= 4 is 34.1 Å². The number of hydrogen-bond donors (Lipinski definition) is 3. The predicted octanol–water partition coefficient (Wildman–Crippen LogP) is 2.07. The Hall–Kier alpha value is -2.71. The van der Waals surface area contributed by atoms with E-state index in [-0.39, 0.29) is 23.9 Å². The van der Waals surface area contributed by atoms with Crippen LogP contribution in [0, 0.1) is 0 Å². The topological polar surface area (TPSA) is 105 Å². The number of hydrogen-bond acceptors (Lipinski definition) is 5. The summed E-state index contributed by atoms with van der Waals surface area (Å²) in [6, 6.07) is 10.5. The molecule has 1 aliphatic heterocycles. The van der Waals surface area contributed by atoms with Crippen LogP contribution in [0.5, 0.6) is 0 Å². The Bertz CT molecular complexity index is 844. The number of amides is 3. The van der Waals surface area contributed by atoms with Crippen molar-refractivity contribution in [1.82, 2.24) is 10.2 Å². The summed E-state index contributed by atoms with van der Waals surface area (Å²) in [4.78, 5) is 38.3. The van der Waals surface area contributed by atoms with Crippen LogP contribution in [0.1, 0.15) is 40.5 Å². The number of carbonyl (C=O) groups excluding carboxylic acids is 3. The Kier molecular flexibility index (Phi) is 6.43. The van der Waals surface area contributed by atoms with Crippen molar-refractivity contribution in [2.24, 2.45) is 5.73 Å². The minimum absolute atomic E-state index is 0.0680. The molecule has 1 aliphatic rings. The van der Waals surface area contributed by atoms with Gasteiger partial charge in [-0.05, 0) is 43.3 Å². The molecule has 1 unspecified atom stereocenters. The van der Waals surface area contributed by atoms with Crippen LogP contribution in [0.15, 0.2) is 41.8 Å². The number of nitrogens with one attached hydrogen (secondary N) is 2. The lowest BCUT2D eigenvalue weighted by Gasteiger charge is -2.35. The molecule has 8 heteroatoms. The van der Waals surface area contributed by atoms with Crippen molar-refractivity contribution in [3.8, 4) is 0 Å². The van der Waals surface area contributed by atoms with Gasteiger partial charge in [-0.25, -0.2) is 0 Å². The number of nitrogens with zero attached hydrogens (tertiary/aromatic N) is 1. The molecule has 2 heterocycles. The lowest BCUT2D eigenvalue weighted by molar-refractivity contribution is -0.121. The summed E-state index contributed by atoms with van der Waals surface area (Å²) in [7, 11) is 0. The van der Waals surface area contributed by atoms with Gasteiger partial charge in [-0.15, -0.1) is 11.3 Å². The molecule has 1 fully saturated rings. The van der Waals surface area contributed by atoms with Crippen molar-refractivity contribution in [1.29, 1.82) is 0 Å². The van der Waals surface area contributed by atoms with Gasteiger partial charge in [-0.3, -0.25) is 19.3 Å². The number of nitrogens with two attached hydrogens (primary N) is 1. The number of thiophene rings is 1. The lowest BCUT2D eigenvalue weighted by atomic mass is 10.0. The molecule has 0 spiro atoms. The number of benzene rings is 1. The van der Waals surface area contributed by atoms with Crippen LogP contribution in [-0.2, 0) is 4.79 Å². The van der Waals surface area contributed by atoms with Crippen molar-refractivity contribution in [2.75, 3.05) is 18.4 Å². The van der Waals surface area contributed by atoms with Gasteiger partial charge in [-0.1, -0.05) is 18.2 Å². The quantitative estimate of drug-likeness (QED) is 0.690. The molecule has 1 aromatic heterocycles. The van der Waals surface area contributed by atoms with E-state index in [9.17, 15) is 14.4 Å². The van der Waals surface area contributed by atoms with Crippen LogP contribution in [0.25, 0.3) is 0 Å². The monoisotopic (exact) mass is 400 g/mol. The fourth-order valence-electron chi connectivity index (χ4n) is 3.27. The van der Waals surface area contributed by atoms with Crippen LogP contribution in [0.2, 0.25) is 0 Å². The van der Waals surface area contributed by atoms with E-state index in [1.807, 2.05) is 25.1 Å². The summed E-state index contributed by atoms with van der Waals surface area (Å²) in [6.45, 7) is 3.26. The van der Waals surface area contributed by atoms with E-state index in [1.54, 1.807) is 23.6 Å². The SMILES string of the molecule is CC(C(=O)Nc1sccc1C(N)=O)N1CCC(NC(=O)c2ccccc2)CC1. The van der Waals surface area contributed by atoms with E-state index in [2.05, 4.69) is 15.5 Å². The maximum Gasteiger partial charge on any atom is 0.251 e. The molecule has 148 valence electrons. The molecule has 0 saturated carbocycles. The lowest BCUT2D eigenvalue weighted by Crippen LogP contribution is -2.50. The average Bonchev–Trinajstić information content (AvgIpc) is 3.17. The molecule has 1 aromatic carbocycles. The number of piperidine rings is 1. The van der Waals surface area contributed by atoms with Crippen LogP contribution in [0.4, 0.5) is 5.00 Å². The minimum atomic E-state index is -0.556. The zero-order valence-corrected chi connectivity index (χ0v) is 16.5. The molecular formula is C20H24N4O3S. The number of anilines is 1. The number of primary amides is 1. The highest BCUT2D eigenvalue weighted by Gasteiger charge is 2.28. The first-order valence-corrected chi connectivity index (χ1v) is 10.1. The van der Waals surface area contributed by atoms with Crippen LogP contribution in [0.3, 0.4) is 0 Å². The second-order valence-electron chi connectivity index (χ2n) is 6.84. The maximum absolute atomic E-state index is 12.6. The fraction of sp³-hybridized carbons (Fsp3) is 0.350. The normalized spacial score (nSPS) is 16.3. The van der Waals surface area contributed by atoms with E-state index >= 15 is 0 Å². The highest BCUT2D eigenvalue weighted by atomic mass is 32.1. The minimum Gasteiger partial charge on any atom is -0.366 e. The summed E-state index contributed by atoms with van der Waals surface area (Å²) < 4.78 is 0. The van der Waals surface area contributed by atoms with Gasteiger partial charge in [0.15, 0.2) is 0 Å². The third-order valence-corrected chi connectivity index (χ3v) is 5.83. The van der Waals surface area contributed by atoms with Gasteiger partial charge in [0.25, 0.3) is 11.8 Å². The molecule has 1 atom stereocenters. The molecule has 4 N–H and O–H groups in total. The third-order valence-electron chi connectivity index (χ3n) is 5.00. The zero-order chi connectivity index (χ0) is 20.1. The molecule has 2 aromatic rings. The van der Waals surface area contributed by atoms with E-state index < -0.39 is 5.91 Å². The molecule has 1 saturated heterocycles. The largest absolute Gasteiger partial charge is 0.366 e. The predicted molar refractivity (Wildman–Crippen MR) is 109 cm³/mol. The summed E-state index contributed by atoms with van der Waals surface area (Å²) in [6.07, 6.45) is 1.56. The number of likely N-dealkylation sites (tertiary alicyclic amines) is 1. The van der Waals surface area contributed by atoms with Gasteiger partial charge < -0.3 is 16.4 Å². The second-order valence-corrected chi connectivity index (χ2v) is 7.76. The summed E-state index contributed by atoms with van der Waals surface area (Å²) in [5, 5.41) is 8.07. The van der Waals surface area contributed by atoms with Gasteiger partial charge in [-0.2, -0.15) is 0 Å². The van der Waals surface area contributed by atoms with Gasteiger partial charge in [0.05, 0.1) is 11.6 Å². The van der Waals surface area contributed by atoms with Gasteiger partial charge in [0.2, 0.25) is 5.91 Å². The van der Waals surface area contributed by atoms with Crippen molar-refractivity contribution in [3.63, 3.8) is 0 Å². The second kappa shape index (κ2) is 8.99. The Morgan fingerprint density at radius 3 is 2.46 bits per heavy atom. The first-order chi connectivity index (χ1) is 13.5. The first-order valence-electron chi connectivity index (χ1n) is 9.24. The van der Waals surface area contributed by atoms with E-state index in [1.165, 1.54) is 11.3 Å². The van der Waals surface area contributed by atoms with E-state index in [0.29, 0.717) is 29.2 Å². The Labute approximate surface area is 167 Å². The average molecular weight is 401 g/mol. The molecule has 0 radical (unpaired) electrons. The molecule has 3 rings (SSSR count). The summed E-state index contributed by atoms with van der Waals surface area (Å²) in [5.74, 6) is -0.794. The third kappa shape index (κ3) is 4.76. The molecular weight excluding hydrogens is 376 g/mol. The molecule has 28 heavy (non-hydrogen) atoms. The van der Waals surface area contributed by atoms with Crippen molar-refractivity contribution in [2.45, 2.75) is 31.8 Å². The molecule has 7 nitrogen and oxygen atoms in total. The Morgan fingerprint density at radius 1 is 1.14 bits per heavy atom. The van der Waals surface area contributed by atoms with Gasteiger partial charge >= 0.3 is 0 Å². The Morgan fingerprint density at radius 2 is 1.82 bits per heavy atom.